The Labute approximate surface area is 150 Å². The standard InChI is InChI=1S/C19H18N4O3/c1-25-15-9-7-14(8-10-15)20-19(24)18-16-12-26-17(11-23(16)22-21-18)13-5-3-2-4-6-13/h2-10,17H,11-12H2,1H3,(H,20,24)/t17-/m1/s1. The maximum atomic E-state index is 12.5. The lowest BCUT2D eigenvalue weighted by atomic mass is 10.1. The molecule has 3 aromatic rings. The van der Waals surface area contributed by atoms with Crippen molar-refractivity contribution in [3.8, 4) is 5.75 Å². The van der Waals surface area contributed by atoms with E-state index in [0.29, 0.717) is 17.9 Å². The van der Waals surface area contributed by atoms with Crippen LogP contribution in [0.15, 0.2) is 54.6 Å². The average Bonchev–Trinajstić information content (AvgIpc) is 3.12. The Morgan fingerprint density at radius 1 is 1.19 bits per heavy atom. The number of ether oxygens (including phenoxy) is 2. The molecule has 1 N–H and O–H groups in total. The highest BCUT2D eigenvalue weighted by molar-refractivity contribution is 6.03. The summed E-state index contributed by atoms with van der Waals surface area (Å²) < 4.78 is 12.8. The minimum absolute atomic E-state index is 0.0945. The molecule has 0 bridgehead atoms. The Bertz CT molecular complexity index is 906. The molecule has 0 radical (unpaired) electrons. The molecule has 1 aliphatic rings. The maximum Gasteiger partial charge on any atom is 0.278 e. The average molecular weight is 350 g/mol. The number of nitrogens with zero attached hydrogens (tertiary/aromatic N) is 3. The van der Waals surface area contributed by atoms with Crippen molar-refractivity contribution in [2.24, 2.45) is 0 Å². The Balaban J connectivity index is 1.49. The molecular weight excluding hydrogens is 332 g/mol. The summed E-state index contributed by atoms with van der Waals surface area (Å²) in [6.45, 7) is 0.820. The first kappa shape index (κ1) is 16.3. The van der Waals surface area contributed by atoms with E-state index in [1.54, 1.807) is 36.1 Å². The second-order valence-corrected chi connectivity index (χ2v) is 5.96. The molecule has 7 nitrogen and oxygen atoms in total. The van der Waals surface area contributed by atoms with Gasteiger partial charge in [0.25, 0.3) is 5.91 Å². The Morgan fingerprint density at radius 3 is 2.69 bits per heavy atom. The Morgan fingerprint density at radius 2 is 1.96 bits per heavy atom. The summed E-state index contributed by atoms with van der Waals surface area (Å²) in [4.78, 5) is 12.5. The van der Waals surface area contributed by atoms with Crippen molar-refractivity contribution in [2.45, 2.75) is 19.3 Å². The molecule has 0 spiro atoms. The molecule has 4 rings (SSSR count). The van der Waals surface area contributed by atoms with Gasteiger partial charge in [-0.05, 0) is 29.8 Å². The number of carbonyl (C=O) groups is 1. The van der Waals surface area contributed by atoms with Gasteiger partial charge in [0, 0.05) is 5.69 Å². The van der Waals surface area contributed by atoms with Crippen molar-refractivity contribution in [1.82, 2.24) is 15.0 Å². The molecule has 26 heavy (non-hydrogen) atoms. The van der Waals surface area contributed by atoms with Crippen molar-refractivity contribution >= 4 is 11.6 Å². The summed E-state index contributed by atoms with van der Waals surface area (Å²) in [5.74, 6) is 0.419. The summed E-state index contributed by atoms with van der Waals surface area (Å²) in [6, 6.07) is 17.1. The molecule has 0 fully saturated rings. The first-order valence-corrected chi connectivity index (χ1v) is 8.29. The Kier molecular flexibility index (Phi) is 4.37. The number of rotatable bonds is 4. The monoisotopic (exact) mass is 350 g/mol. The summed E-state index contributed by atoms with van der Waals surface area (Å²) in [6.07, 6.45) is -0.0945. The van der Waals surface area contributed by atoms with Crippen molar-refractivity contribution in [2.75, 3.05) is 12.4 Å². The molecule has 0 saturated carbocycles. The van der Waals surface area contributed by atoms with Crippen LogP contribution in [0.25, 0.3) is 0 Å². The van der Waals surface area contributed by atoms with E-state index in [1.807, 2.05) is 30.3 Å². The van der Waals surface area contributed by atoms with Crippen LogP contribution >= 0.6 is 0 Å². The number of anilines is 1. The normalized spacial score (nSPS) is 16.0. The number of hydrogen-bond donors (Lipinski definition) is 1. The van der Waals surface area contributed by atoms with Gasteiger partial charge in [0.15, 0.2) is 5.69 Å². The van der Waals surface area contributed by atoms with Gasteiger partial charge >= 0.3 is 0 Å². The lowest BCUT2D eigenvalue weighted by Gasteiger charge is -2.24. The van der Waals surface area contributed by atoms with E-state index in [4.69, 9.17) is 9.47 Å². The van der Waals surface area contributed by atoms with E-state index in [0.717, 1.165) is 11.3 Å². The molecule has 1 amide bonds. The minimum atomic E-state index is -0.307. The highest BCUT2D eigenvalue weighted by Gasteiger charge is 2.27. The second kappa shape index (κ2) is 6.97. The lowest BCUT2D eigenvalue weighted by molar-refractivity contribution is -0.00171. The van der Waals surface area contributed by atoms with E-state index >= 15 is 0 Å². The summed E-state index contributed by atoms with van der Waals surface area (Å²) in [5, 5.41) is 11.0. The molecule has 132 valence electrons. The SMILES string of the molecule is COc1ccc(NC(=O)c2nnn3c2CO[C@@H](c2ccccc2)C3)cc1. The van der Waals surface area contributed by atoms with E-state index in [1.165, 1.54) is 0 Å². The van der Waals surface area contributed by atoms with Gasteiger partial charge in [-0.3, -0.25) is 4.79 Å². The van der Waals surface area contributed by atoms with Crippen LogP contribution in [0.3, 0.4) is 0 Å². The first-order chi connectivity index (χ1) is 12.7. The fourth-order valence-electron chi connectivity index (χ4n) is 2.92. The van der Waals surface area contributed by atoms with Crippen LogP contribution in [0, 0.1) is 0 Å². The van der Waals surface area contributed by atoms with Crippen LogP contribution in [0.4, 0.5) is 5.69 Å². The highest BCUT2D eigenvalue weighted by Crippen LogP contribution is 2.27. The fourth-order valence-corrected chi connectivity index (χ4v) is 2.92. The van der Waals surface area contributed by atoms with Crippen LogP contribution in [-0.2, 0) is 17.9 Å². The third-order valence-corrected chi connectivity index (χ3v) is 4.33. The lowest BCUT2D eigenvalue weighted by Crippen LogP contribution is -2.24. The molecule has 1 aromatic heterocycles. The topological polar surface area (TPSA) is 78.3 Å². The van der Waals surface area contributed by atoms with Crippen LogP contribution in [0.5, 0.6) is 5.75 Å². The van der Waals surface area contributed by atoms with Gasteiger partial charge in [-0.1, -0.05) is 35.5 Å². The quantitative estimate of drug-likeness (QED) is 0.783. The number of amides is 1. The summed E-state index contributed by atoms with van der Waals surface area (Å²) >= 11 is 0. The highest BCUT2D eigenvalue weighted by atomic mass is 16.5. The van der Waals surface area contributed by atoms with Crippen LogP contribution < -0.4 is 10.1 Å². The van der Waals surface area contributed by atoms with Crippen LogP contribution in [0.1, 0.15) is 27.8 Å². The van der Waals surface area contributed by atoms with E-state index in [2.05, 4.69) is 15.6 Å². The molecule has 2 heterocycles. The molecule has 1 atom stereocenters. The molecule has 7 heteroatoms. The largest absolute Gasteiger partial charge is 0.497 e. The first-order valence-electron chi connectivity index (χ1n) is 8.29. The number of fused-ring (bicyclic) bond motifs is 1. The molecule has 0 saturated heterocycles. The zero-order chi connectivity index (χ0) is 17.9. The third-order valence-electron chi connectivity index (χ3n) is 4.33. The molecule has 1 aliphatic heterocycles. The second-order valence-electron chi connectivity index (χ2n) is 5.96. The van der Waals surface area contributed by atoms with E-state index < -0.39 is 0 Å². The van der Waals surface area contributed by atoms with Crippen molar-refractivity contribution in [3.63, 3.8) is 0 Å². The van der Waals surface area contributed by atoms with Crippen molar-refractivity contribution < 1.29 is 14.3 Å². The predicted octanol–water partition coefficient (Wildman–Crippen LogP) is 2.81. The van der Waals surface area contributed by atoms with Gasteiger partial charge < -0.3 is 14.8 Å². The van der Waals surface area contributed by atoms with Gasteiger partial charge in [-0.15, -0.1) is 5.10 Å². The smallest absolute Gasteiger partial charge is 0.278 e. The van der Waals surface area contributed by atoms with E-state index in [-0.39, 0.29) is 24.3 Å². The Hall–Kier alpha value is -3.19. The molecule has 0 aliphatic carbocycles. The minimum Gasteiger partial charge on any atom is -0.497 e. The van der Waals surface area contributed by atoms with Gasteiger partial charge in [0.05, 0.1) is 26.0 Å². The van der Waals surface area contributed by atoms with Crippen LogP contribution in [-0.4, -0.2) is 28.0 Å². The molecule has 2 aromatic carbocycles. The third kappa shape index (κ3) is 3.16. The summed E-state index contributed by atoms with van der Waals surface area (Å²) in [5.41, 5.74) is 2.71. The van der Waals surface area contributed by atoms with Crippen molar-refractivity contribution in [3.05, 3.63) is 71.5 Å². The molecular formula is C19H18N4O3. The fraction of sp³-hybridized carbons (Fsp3) is 0.211. The van der Waals surface area contributed by atoms with Gasteiger partial charge in [-0.25, -0.2) is 4.68 Å². The number of carbonyl (C=O) groups excluding carboxylic acids is 1. The molecule has 0 unspecified atom stereocenters. The number of nitrogens with one attached hydrogen (secondary N) is 1. The number of aromatic nitrogens is 3. The van der Waals surface area contributed by atoms with Crippen molar-refractivity contribution in [1.29, 1.82) is 0 Å². The number of methoxy groups -OCH3 is 1. The van der Waals surface area contributed by atoms with E-state index in [9.17, 15) is 4.79 Å². The number of benzene rings is 2. The van der Waals surface area contributed by atoms with Gasteiger partial charge in [0.2, 0.25) is 0 Å². The summed E-state index contributed by atoms with van der Waals surface area (Å²) in [7, 11) is 1.60. The number of hydrogen-bond acceptors (Lipinski definition) is 5. The zero-order valence-electron chi connectivity index (χ0n) is 14.3. The predicted molar refractivity (Wildman–Crippen MR) is 94.9 cm³/mol. The van der Waals surface area contributed by atoms with Crippen LogP contribution in [0.2, 0.25) is 0 Å². The van der Waals surface area contributed by atoms with Gasteiger partial charge in [-0.2, -0.15) is 0 Å². The maximum absolute atomic E-state index is 12.5. The zero-order valence-corrected chi connectivity index (χ0v) is 14.3. The van der Waals surface area contributed by atoms with Gasteiger partial charge in [0.1, 0.15) is 11.9 Å².